The van der Waals surface area contributed by atoms with Crippen molar-refractivity contribution in [3.63, 3.8) is 0 Å². The Morgan fingerprint density at radius 3 is 2.21 bits per heavy atom. The average Bonchev–Trinajstić information content (AvgIpc) is 2.37. The summed E-state index contributed by atoms with van der Waals surface area (Å²) in [7, 11) is -4.25. The Morgan fingerprint density at radius 2 is 1.47 bits per heavy atom. The van der Waals surface area contributed by atoms with Crippen molar-refractivity contribution in [2.45, 2.75) is 0 Å². The van der Waals surface area contributed by atoms with E-state index in [9.17, 15) is 8.42 Å². The number of nitrogens with one attached hydrogen (secondary N) is 1. The Labute approximate surface area is 110 Å². The monoisotopic (exact) mass is 273 g/mol. The maximum absolute atomic E-state index is 10.8. The third-order valence-corrected chi connectivity index (χ3v) is 3.49. The number of anilines is 1. The molecule has 0 fully saturated rings. The first-order valence-corrected chi connectivity index (χ1v) is 7.14. The summed E-state index contributed by atoms with van der Waals surface area (Å²) in [6, 6.07) is 17.0. The minimum Gasteiger partial charge on any atom is -0.269 e. The van der Waals surface area contributed by atoms with E-state index in [4.69, 9.17) is 4.55 Å². The van der Waals surface area contributed by atoms with Gasteiger partial charge in [0.25, 0.3) is 0 Å². The minimum atomic E-state index is -4.25. The van der Waals surface area contributed by atoms with Crippen molar-refractivity contribution in [1.29, 1.82) is 0 Å². The van der Waals surface area contributed by atoms with Crippen LogP contribution in [0.4, 0.5) is 5.69 Å². The fraction of sp³-hybridized carbons (Fsp3) is 0. The second-order valence-corrected chi connectivity index (χ2v) is 5.45. The van der Waals surface area contributed by atoms with Crippen LogP contribution < -0.4 is 4.72 Å². The molecule has 3 aromatic carbocycles. The fourth-order valence-electron chi connectivity index (χ4n) is 2.21. The van der Waals surface area contributed by atoms with Gasteiger partial charge in [-0.25, -0.2) is 0 Å². The second kappa shape index (κ2) is 4.22. The molecule has 0 saturated heterocycles. The molecule has 0 spiro atoms. The third kappa shape index (κ3) is 2.38. The first-order chi connectivity index (χ1) is 9.03. The van der Waals surface area contributed by atoms with Gasteiger partial charge in [-0.2, -0.15) is 8.42 Å². The van der Waals surface area contributed by atoms with E-state index in [1.807, 2.05) is 42.5 Å². The summed E-state index contributed by atoms with van der Waals surface area (Å²) in [5.41, 5.74) is 0.339. The highest BCUT2D eigenvalue weighted by Crippen LogP contribution is 2.27. The van der Waals surface area contributed by atoms with E-state index in [1.165, 1.54) is 0 Å². The number of benzene rings is 3. The molecule has 0 atom stereocenters. The quantitative estimate of drug-likeness (QED) is 0.556. The lowest BCUT2D eigenvalue weighted by molar-refractivity contribution is 0.490. The molecule has 96 valence electrons. The van der Waals surface area contributed by atoms with Gasteiger partial charge in [0, 0.05) is 0 Å². The van der Waals surface area contributed by atoms with Gasteiger partial charge < -0.3 is 0 Å². The lowest BCUT2D eigenvalue weighted by Crippen LogP contribution is -2.10. The molecule has 0 bridgehead atoms. The summed E-state index contributed by atoms with van der Waals surface area (Å²) >= 11 is 0. The van der Waals surface area contributed by atoms with E-state index in [0.717, 1.165) is 21.5 Å². The van der Waals surface area contributed by atoms with Gasteiger partial charge in [-0.15, -0.1) is 0 Å². The second-order valence-electron chi connectivity index (χ2n) is 4.30. The highest BCUT2D eigenvalue weighted by molar-refractivity contribution is 7.87. The van der Waals surface area contributed by atoms with Crippen LogP contribution in [0.3, 0.4) is 0 Å². The Hall–Kier alpha value is -2.11. The minimum absolute atomic E-state index is 0.339. The van der Waals surface area contributed by atoms with Gasteiger partial charge in [0.2, 0.25) is 0 Å². The summed E-state index contributed by atoms with van der Waals surface area (Å²) in [5, 5.41) is 4.07. The smallest absolute Gasteiger partial charge is 0.269 e. The van der Waals surface area contributed by atoms with Gasteiger partial charge in [-0.05, 0) is 33.7 Å². The Bertz CT molecular complexity index is 872. The number of hydrogen-bond acceptors (Lipinski definition) is 2. The van der Waals surface area contributed by atoms with Crippen LogP contribution in [0.1, 0.15) is 0 Å². The topological polar surface area (TPSA) is 66.4 Å². The normalized spacial score (nSPS) is 11.8. The lowest BCUT2D eigenvalue weighted by atomic mass is 10.0. The van der Waals surface area contributed by atoms with E-state index >= 15 is 0 Å². The molecule has 0 heterocycles. The van der Waals surface area contributed by atoms with Gasteiger partial charge in [-0.3, -0.25) is 9.27 Å². The van der Waals surface area contributed by atoms with Crippen LogP contribution in [0.15, 0.2) is 54.6 Å². The van der Waals surface area contributed by atoms with Crippen LogP contribution in [0.25, 0.3) is 21.5 Å². The van der Waals surface area contributed by atoms with Crippen LogP contribution in [0.2, 0.25) is 0 Å². The van der Waals surface area contributed by atoms with Crippen molar-refractivity contribution in [2.24, 2.45) is 0 Å². The maximum Gasteiger partial charge on any atom is 0.357 e. The summed E-state index contributed by atoms with van der Waals surface area (Å²) < 4.78 is 32.6. The molecule has 19 heavy (non-hydrogen) atoms. The molecule has 3 rings (SSSR count). The van der Waals surface area contributed by atoms with Crippen LogP contribution in [-0.4, -0.2) is 13.0 Å². The Morgan fingerprint density at radius 1 is 0.842 bits per heavy atom. The van der Waals surface area contributed by atoms with Crippen molar-refractivity contribution in [3.05, 3.63) is 54.6 Å². The maximum atomic E-state index is 10.8. The number of hydrogen-bond donors (Lipinski definition) is 2. The molecule has 0 aliphatic carbocycles. The average molecular weight is 273 g/mol. The molecule has 0 aliphatic rings. The van der Waals surface area contributed by atoms with Crippen molar-refractivity contribution < 1.29 is 13.0 Å². The van der Waals surface area contributed by atoms with Crippen LogP contribution in [0.5, 0.6) is 0 Å². The number of rotatable bonds is 2. The largest absolute Gasteiger partial charge is 0.357 e. The van der Waals surface area contributed by atoms with E-state index in [-0.39, 0.29) is 0 Å². The highest BCUT2D eigenvalue weighted by atomic mass is 32.2. The summed E-state index contributed by atoms with van der Waals surface area (Å²) in [6.45, 7) is 0. The first kappa shape index (κ1) is 12.0. The Kier molecular flexibility index (Phi) is 2.66. The lowest BCUT2D eigenvalue weighted by Gasteiger charge is -2.07. The molecule has 0 radical (unpaired) electrons. The Balaban J connectivity index is 2.28. The fourth-order valence-corrected chi connectivity index (χ4v) is 2.64. The van der Waals surface area contributed by atoms with Crippen molar-refractivity contribution in [1.82, 2.24) is 0 Å². The molecule has 0 saturated carbocycles. The number of fused-ring (bicyclic) bond motifs is 3. The van der Waals surface area contributed by atoms with Gasteiger partial charge in [0.05, 0.1) is 5.69 Å². The third-order valence-electron chi connectivity index (χ3n) is 2.99. The molecule has 0 amide bonds. The zero-order valence-electron chi connectivity index (χ0n) is 9.87. The molecular weight excluding hydrogens is 262 g/mol. The summed E-state index contributed by atoms with van der Waals surface area (Å²) in [5.74, 6) is 0. The van der Waals surface area contributed by atoms with Crippen LogP contribution >= 0.6 is 0 Å². The van der Waals surface area contributed by atoms with E-state index in [0.29, 0.717) is 5.69 Å². The zero-order chi connectivity index (χ0) is 13.5. The van der Waals surface area contributed by atoms with Gasteiger partial charge in [-0.1, -0.05) is 42.5 Å². The molecule has 0 unspecified atom stereocenters. The van der Waals surface area contributed by atoms with E-state index < -0.39 is 10.3 Å². The van der Waals surface area contributed by atoms with Gasteiger partial charge >= 0.3 is 10.3 Å². The van der Waals surface area contributed by atoms with Crippen molar-refractivity contribution >= 4 is 37.5 Å². The predicted molar refractivity (Wildman–Crippen MR) is 76.6 cm³/mol. The molecular formula is C14H11NO3S. The SMILES string of the molecule is O=S(=O)(O)Nc1ccc2ccc3ccccc3c2c1. The standard InChI is InChI=1S/C14H11NO3S/c16-19(17,18)15-12-8-7-11-6-5-10-3-1-2-4-13(10)14(11)9-12/h1-9,15H,(H,16,17,18). The molecule has 0 aliphatic heterocycles. The summed E-state index contributed by atoms with van der Waals surface area (Å²) in [6.07, 6.45) is 0. The predicted octanol–water partition coefficient (Wildman–Crippen LogP) is 3.21. The zero-order valence-corrected chi connectivity index (χ0v) is 10.7. The van der Waals surface area contributed by atoms with E-state index in [1.54, 1.807) is 12.1 Å². The van der Waals surface area contributed by atoms with Crippen molar-refractivity contribution in [2.75, 3.05) is 4.72 Å². The molecule has 2 N–H and O–H groups in total. The van der Waals surface area contributed by atoms with Gasteiger partial charge in [0.15, 0.2) is 0 Å². The molecule has 3 aromatic rings. The van der Waals surface area contributed by atoms with Crippen molar-refractivity contribution in [3.8, 4) is 0 Å². The molecule has 4 nitrogen and oxygen atoms in total. The van der Waals surface area contributed by atoms with E-state index in [2.05, 4.69) is 4.72 Å². The van der Waals surface area contributed by atoms with Gasteiger partial charge in [0.1, 0.15) is 0 Å². The highest BCUT2D eigenvalue weighted by Gasteiger charge is 2.06. The first-order valence-electron chi connectivity index (χ1n) is 5.70. The van der Waals surface area contributed by atoms with Crippen LogP contribution in [-0.2, 0) is 10.3 Å². The molecule has 0 aromatic heterocycles. The molecule has 5 heteroatoms. The van der Waals surface area contributed by atoms with Crippen LogP contribution in [0, 0.1) is 0 Å². The summed E-state index contributed by atoms with van der Waals surface area (Å²) in [4.78, 5) is 0.